The molecular weight excluding hydrogens is 455 g/mol. The minimum Gasteiger partial charge on any atom is -0.493 e. The number of rotatable bonds is 6. The van der Waals surface area contributed by atoms with E-state index in [1.165, 1.54) is 19.3 Å². The topological polar surface area (TPSA) is 71.3 Å². The SMILES string of the molecule is CCOc1c(Br)cc(C=C(C#N)C(=O)Nc2ccc(Cl)cc2Cl)cc1OC. The van der Waals surface area contributed by atoms with Crippen molar-refractivity contribution >= 4 is 56.8 Å². The number of hydrogen-bond acceptors (Lipinski definition) is 4. The van der Waals surface area contributed by atoms with Gasteiger partial charge < -0.3 is 14.8 Å². The third kappa shape index (κ3) is 5.39. The molecule has 2 rings (SSSR count). The monoisotopic (exact) mass is 468 g/mol. The molecule has 0 spiro atoms. The molecule has 1 amide bonds. The van der Waals surface area contributed by atoms with E-state index in [9.17, 15) is 10.1 Å². The molecule has 0 atom stereocenters. The van der Waals surface area contributed by atoms with Gasteiger partial charge in [-0.3, -0.25) is 4.79 Å². The van der Waals surface area contributed by atoms with Gasteiger partial charge in [-0.05, 0) is 64.8 Å². The molecule has 0 aliphatic rings. The van der Waals surface area contributed by atoms with Crippen molar-refractivity contribution in [3.63, 3.8) is 0 Å². The van der Waals surface area contributed by atoms with Gasteiger partial charge in [0.25, 0.3) is 5.91 Å². The Hall–Kier alpha value is -2.20. The van der Waals surface area contributed by atoms with Crippen molar-refractivity contribution in [1.29, 1.82) is 5.26 Å². The van der Waals surface area contributed by atoms with Crippen LogP contribution in [0.25, 0.3) is 6.08 Å². The van der Waals surface area contributed by atoms with E-state index in [4.69, 9.17) is 32.7 Å². The maximum atomic E-state index is 12.4. The molecule has 0 heterocycles. The van der Waals surface area contributed by atoms with E-state index in [-0.39, 0.29) is 10.6 Å². The molecule has 0 aromatic heterocycles. The van der Waals surface area contributed by atoms with Gasteiger partial charge in [0.2, 0.25) is 0 Å². The largest absolute Gasteiger partial charge is 0.493 e. The van der Waals surface area contributed by atoms with Gasteiger partial charge >= 0.3 is 0 Å². The summed E-state index contributed by atoms with van der Waals surface area (Å²) in [5.74, 6) is 0.440. The predicted octanol–water partition coefficient (Wildman–Crippen LogP) is 5.71. The van der Waals surface area contributed by atoms with Crippen LogP contribution in [0.4, 0.5) is 5.69 Å². The first-order valence-corrected chi connectivity index (χ1v) is 9.33. The zero-order valence-corrected chi connectivity index (χ0v) is 17.6. The van der Waals surface area contributed by atoms with E-state index in [0.29, 0.717) is 38.9 Å². The van der Waals surface area contributed by atoms with Crippen LogP contribution in [0, 0.1) is 11.3 Å². The van der Waals surface area contributed by atoms with Crippen LogP contribution in [0.15, 0.2) is 40.4 Å². The Morgan fingerprint density at radius 2 is 2.07 bits per heavy atom. The molecule has 0 aliphatic carbocycles. The minimum atomic E-state index is -0.592. The van der Waals surface area contributed by atoms with Gasteiger partial charge in [0.1, 0.15) is 11.6 Å². The fraction of sp³-hybridized carbons (Fsp3) is 0.158. The highest BCUT2D eigenvalue weighted by Crippen LogP contribution is 2.37. The van der Waals surface area contributed by atoms with Crippen LogP contribution in [-0.4, -0.2) is 19.6 Å². The van der Waals surface area contributed by atoms with Gasteiger partial charge in [-0.15, -0.1) is 0 Å². The molecule has 0 radical (unpaired) electrons. The van der Waals surface area contributed by atoms with Crippen molar-refractivity contribution in [2.75, 3.05) is 19.0 Å². The van der Waals surface area contributed by atoms with Gasteiger partial charge in [0, 0.05) is 5.02 Å². The maximum Gasteiger partial charge on any atom is 0.266 e. The van der Waals surface area contributed by atoms with Gasteiger partial charge in [-0.25, -0.2) is 0 Å². The van der Waals surface area contributed by atoms with E-state index in [2.05, 4.69) is 21.2 Å². The number of nitriles is 1. The smallest absolute Gasteiger partial charge is 0.266 e. The van der Waals surface area contributed by atoms with E-state index >= 15 is 0 Å². The molecule has 2 aromatic rings. The Kier molecular flexibility index (Phi) is 7.55. The third-order valence-corrected chi connectivity index (χ3v) is 4.53. The first-order chi connectivity index (χ1) is 12.9. The number of amides is 1. The number of nitrogens with one attached hydrogen (secondary N) is 1. The first-order valence-electron chi connectivity index (χ1n) is 7.78. The van der Waals surface area contributed by atoms with Crippen LogP contribution in [0.5, 0.6) is 11.5 Å². The fourth-order valence-corrected chi connectivity index (χ4v) is 3.23. The fourth-order valence-electron chi connectivity index (χ4n) is 2.20. The van der Waals surface area contributed by atoms with Gasteiger partial charge in [0.05, 0.1) is 28.9 Å². The molecule has 0 aliphatic heterocycles. The summed E-state index contributed by atoms with van der Waals surface area (Å²) >= 11 is 15.3. The lowest BCUT2D eigenvalue weighted by Crippen LogP contribution is -2.13. The molecule has 27 heavy (non-hydrogen) atoms. The van der Waals surface area contributed by atoms with Crippen molar-refractivity contribution < 1.29 is 14.3 Å². The third-order valence-electron chi connectivity index (χ3n) is 3.40. The van der Waals surface area contributed by atoms with Gasteiger partial charge in [-0.2, -0.15) is 5.26 Å². The van der Waals surface area contributed by atoms with Gasteiger partial charge in [0.15, 0.2) is 11.5 Å². The van der Waals surface area contributed by atoms with Crippen LogP contribution < -0.4 is 14.8 Å². The average molecular weight is 470 g/mol. The zero-order chi connectivity index (χ0) is 20.0. The summed E-state index contributed by atoms with van der Waals surface area (Å²) in [6.45, 7) is 2.33. The van der Waals surface area contributed by atoms with Crippen LogP contribution in [0.3, 0.4) is 0 Å². The Morgan fingerprint density at radius 3 is 2.67 bits per heavy atom. The van der Waals surface area contributed by atoms with E-state index in [1.54, 1.807) is 24.3 Å². The van der Waals surface area contributed by atoms with Crippen LogP contribution in [0.1, 0.15) is 12.5 Å². The zero-order valence-electron chi connectivity index (χ0n) is 14.5. The van der Waals surface area contributed by atoms with E-state index in [0.717, 1.165) is 0 Å². The number of anilines is 1. The number of benzene rings is 2. The highest BCUT2D eigenvalue weighted by atomic mass is 79.9. The van der Waals surface area contributed by atoms with Gasteiger partial charge in [-0.1, -0.05) is 23.2 Å². The predicted molar refractivity (Wildman–Crippen MR) is 111 cm³/mol. The molecule has 0 saturated heterocycles. The second-order valence-electron chi connectivity index (χ2n) is 5.22. The second-order valence-corrected chi connectivity index (χ2v) is 6.91. The molecule has 0 fully saturated rings. The lowest BCUT2D eigenvalue weighted by Gasteiger charge is -2.12. The number of carbonyl (C=O) groups excluding carboxylic acids is 1. The molecule has 5 nitrogen and oxygen atoms in total. The molecule has 0 saturated carbocycles. The molecule has 0 bridgehead atoms. The van der Waals surface area contributed by atoms with E-state index < -0.39 is 5.91 Å². The Labute approximate surface area is 175 Å². The molecule has 0 unspecified atom stereocenters. The summed E-state index contributed by atoms with van der Waals surface area (Å²) in [6.07, 6.45) is 1.45. The van der Waals surface area contributed by atoms with Crippen molar-refractivity contribution in [3.05, 3.63) is 56.0 Å². The highest BCUT2D eigenvalue weighted by molar-refractivity contribution is 9.10. The summed E-state index contributed by atoms with van der Waals surface area (Å²) in [5, 5.41) is 12.7. The van der Waals surface area contributed by atoms with Crippen LogP contribution in [-0.2, 0) is 4.79 Å². The normalized spacial score (nSPS) is 10.9. The number of methoxy groups -OCH3 is 1. The number of hydrogen-bond donors (Lipinski definition) is 1. The standard InChI is InChI=1S/C19H15BrCl2N2O3/c1-3-27-18-14(20)7-11(8-17(18)26-2)6-12(10-23)19(25)24-16-5-4-13(21)9-15(16)22/h4-9H,3H2,1-2H3,(H,24,25). The summed E-state index contributed by atoms with van der Waals surface area (Å²) < 4.78 is 11.5. The van der Waals surface area contributed by atoms with Crippen LogP contribution >= 0.6 is 39.1 Å². The highest BCUT2D eigenvalue weighted by Gasteiger charge is 2.14. The number of ether oxygens (including phenoxy) is 2. The summed E-state index contributed by atoms with van der Waals surface area (Å²) in [7, 11) is 1.51. The molecule has 8 heteroatoms. The average Bonchev–Trinajstić information content (AvgIpc) is 2.63. The first kappa shape index (κ1) is 21.1. The number of halogens is 3. The van der Waals surface area contributed by atoms with E-state index in [1.807, 2.05) is 13.0 Å². The lowest BCUT2D eigenvalue weighted by atomic mass is 10.1. The Morgan fingerprint density at radius 1 is 1.33 bits per heavy atom. The second kappa shape index (κ2) is 9.65. The Bertz CT molecular complexity index is 939. The molecule has 140 valence electrons. The van der Waals surface area contributed by atoms with Crippen LogP contribution in [0.2, 0.25) is 10.0 Å². The summed E-state index contributed by atoms with van der Waals surface area (Å²) in [5.41, 5.74) is 0.855. The van der Waals surface area contributed by atoms with Crippen molar-refractivity contribution in [3.8, 4) is 17.6 Å². The quantitative estimate of drug-likeness (QED) is 0.434. The number of carbonyl (C=O) groups is 1. The van der Waals surface area contributed by atoms with Crippen molar-refractivity contribution in [2.45, 2.75) is 6.92 Å². The molecule has 1 N–H and O–H groups in total. The number of nitrogens with zero attached hydrogens (tertiary/aromatic N) is 1. The Balaban J connectivity index is 2.33. The lowest BCUT2D eigenvalue weighted by molar-refractivity contribution is -0.112. The molecule has 2 aromatic carbocycles. The van der Waals surface area contributed by atoms with Crippen molar-refractivity contribution in [1.82, 2.24) is 0 Å². The summed E-state index contributed by atoms with van der Waals surface area (Å²) in [4.78, 5) is 12.4. The molecular formula is C19H15BrCl2N2O3. The maximum absolute atomic E-state index is 12.4. The minimum absolute atomic E-state index is 0.0980. The van der Waals surface area contributed by atoms with Crippen molar-refractivity contribution in [2.24, 2.45) is 0 Å². The summed E-state index contributed by atoms with van der Waals surface area (Å²) in [6, 6.07) is 9.95.